The Balaban J connectivity index is 1.79. The van der Waals surface area contributed by atoms with Crippen LogP contribution in [-0.4, -0.2) is 21.0 Å². The summed E-state index contributed by atoms with van der Waals surface area (Å²) in [5, 5.41) is 0.523. The number of hydrogen-bond acceptors (Lipinski definition) is 4. The average molecular weight is 494 g/mol. The summed E-state index contributed by atoms with van der Waals surface area (Å²) in [6, 6.07) is 20.2. The van der Waals surface area contributed by atoms with Crippen molar-refractivity contribution in [3.63, 3.8) is 0 Å². The molecule has 0 aliphatic heterocycles. The van der Waals surface area contributed by atoms with Crippen LogP contribution in [0, 0.1) is 0 Å². The van der Waals surface area contributed by atoms with Crippen molar-refractivity contribution in [2.45, 2.75) is 45.8 Å². The summed E-state index contributed by atoms with van der Waals surface area (Å²) in [6.07, 6.45) is 3.39. The van der Waals surface area contributed by atoms with E-state index in [0.717, 1.165) is 41.8 Å². The minimum atomic E-state index is -0.0545. The largest absolute Gasteiger partial charge is 0.446 e. The van der Waals surface area contributed by atoms with Gasteiger partial charge in [-0.3, -0.25) is 14.3 Å². The summed E-state index contributed by atoms with van der Waals surface area (Å²) >= 11 is 3.52. The van der Waals surface area contributed by atoms with E-state index in [2.05, 4.69) is 58.9 Å². The highest BCUT2D eigenvalue weighted by atomic mass is 79.9. The minimum absolute atomic E-state index is 0.00971. The summed E-state index contributed by atoms with van der Waals surface area (Å²) in [6.45, 7) is 6.52. The lowest BCUT2D eigenvalue weighted by molar-refractivity contribution is 0.171. The van der Waals surface area contributed by atoms with Crippen molar-refractivity contribution in [3.05, 3.63) is 98.7 Å². The Morgan fingerprint density at radius 1 is 1.03 bits per heavy atom. The van der Waals surface area contributed by atoms with Gasteiger partial charge in [-0.05, 0) is 48.7 Å². The standard InChI is InChI=1S/C26H28BrN3O2/c1-3-15-29(17-20-10-12-21(27)13-11-20)23(4-2)24-28-25-22(14-16-32-25)26(31)30(24)18-19-8-6-5-7-9-19/h5-14,16,23H,3-4,15,17-18H2,1-2H3. The molecule has 2 heterocycles. The van der Waals surface area contributed by atoms with Crippen LogP contribution in [-0.2, 0) is 13.1 Å². The number of hydrogen-bond donors (Lipinski definition) is 0. The Hall–Kier alpha value is -2.70. The van der Waals surface area contributed by atoms with Crippen LogP contribution in [0.2, 0.25) is 0 Å². The van der Waals surface area contributed by atoms with Crippen molar-refractivity contribution in [2.24, 2.45) is 0 Å². The molecule has 0 saturated heterocycles. The topological polar surface area (TPSA) is 51.3 Å². The van der Waals surface area contributed by atoms with Gasteiger partial charge in [0.2, 0.25) is 5.71 Å². The highest BCUT2D eigenvalue weighted by Gasteiger charge is 2.25. The lowest BCUT2D eigenvalue weighted by Gasteiger charge is -2.32. The van der Waals surface area contributed by atoms with Gasteiger partial charge in [-0.1, -0.05) is 72.2 Å². The molecule has 0 spiro atoms. The molecule has 166 valence electrons. The molecule has 1 unspecified atom stereocenters. The molecule has 0 aliphatic carbocycles. The summed E-state index contributed by atoms with van der Waals surface area (Å²) in [5.41, 5.74) is 2.66. The Bertz CT molecular complexity index is 1220. The quantitative estimate of drug-likeness (QED) is 0.280. The third-order valence-electron chi connectivity index (χ3n) is 5.73. The molecule has 4 aromatic rings. The number of furan rings is 1. The number of halogens is 1. The van der Waals surface area contributed by atoms with Crippen LogP contribution in [0.3, 0.4) is 0 Å². The van der Waals surface area contributed by atoms with Gasteiger partial charge in [0.25, 0.3) is 5.56 Å². The zero-order chi connectivity index (χ0) is 22.5. The fourth-order valence-electron chi connectivity index (χ4n) is 4.20. The van der Waals surface area contributed by atoms with E-state index in [-0.39, 0.29) is 11.6 Å². The molecule has 0 aliphatic rings. The number of nitrogens with zero attached hydrogens (tertiary/aromatic N) is 3. The summed E-state index contributed by atoms with van der Waals surface area (Å²) in [4.78, 5) is 20.7. The third kappa shape index (κ3) is 4.87. The molecular formula is C26H28BrN3O2. The first-order valence-electron chi connectivity index (χ1n) is 11.1. The number of rotatable bonds is 9. The molecule has 2 aromatic heterocycles. The predicted molar refractivity (Wildman–Crippen MR) is 132 cm³/mol. The molecule has 5 nitrogen and oxygen atoms in total. The van der Waals surface area contributed by atoms with Gasteiger partial charge in [-0.15, -0.1) is 0 Å². The van der Waals surface area contributed by atoms with Crippen molar-refractivity contribution >= 4 is 27.0 Å². The number of benzene rings is 2. The Labute approximate surface area is 196 Å². The highest BCUT2D eigenvalue weighted by Crippen LogP contribution is 2.27. The minimum Gasteiger partial charge on any atom is -0.446 e. The predicted octanol–water partition coefficient (Wildman–Crippen LogP) is 6.16. The molecule has 0 fully saturated rings. The van der Waals surface area contributed by atoms with Gasteiger partial charge in [0, 0.05) is 11.0 Å². The van der Waals surface area contributed by atoms with Gasteiger partial charge in [-0.2, -0.15) is 4.98 Å². The smallest absolute Gasteiger partial charge is 0.265 e. The van der Waals surface area contributed by atoms with E-state index in [1.54, 1.807) is 12.3 Å². The SMILES string of the molecule is CCCN(Cc1ccc(Br)cc1)C(CC)c1nc2occc2c(=O)n1Cc1ccccc1. The summed E-state index contributed by atoms with van der Waals surface area (Å²) in [5.74, 6) is 0.759. The van der Waals surface area contributed by atoms with Crippen LogP contribution in [0.5, 0.6) is 0 Å². The molecule has 32 heavy (non-hydrogen) atoms. The molecule has 2 aromatic carbocycles. The van der Waals surface area contributed by atoms with Crippen molar-refractivity contribution < 1.29 is 4.42 Å². The maximum Gasteiger partial charge on any atom is 0.265 e. The van der Waals surface area contributed by atoms with Gasteiger partial charge in [0.1, 0.15) is 11.2 Å². The molecule has 6 heteroatoms. The van der Waals surface area contributed by atoms with Gasteiger partial charge in [-0.25, -0.2) is 0 Å². The van der Waals surface area contributed by atoms with E-state index >= 15 is 0 Å². The maximum absolute atomic E-state index is 13.5. The molecule has 1 atom stereocenters. The first kappa shape index (κ1) is 22.5. The molecule has 0 bridgehead atoms. The van der Waals surface area contributed by atoms with Crippen molar-refractivity contribution in [1.29, 1.82) is 0 Å². The zero-order valence-corrected chi connectivity index (χ0v) is 20.1. The van der Waals surface area contributed by atoms with Gasteiger partial charge >= 0.3 is 0 Å². The van der Waals surface area contributed by atoms with E-state index in [1.165, 1.54) is 5.56 Å². The second-order valence-electron chi connectivity index (χ2n) is 8.01. The normalized spacial score (nSPS) is 12.5. The van der Waals surface area contributed by atoms with E-state index in [1.807, 2.05) is 34.9 Å². The summed E-state index contributed by atoms with van der Waals surface area (Å²) < 4.78 is 8.45. The maximum atomic E-state index is 13.5. The van der Waals surface area contributed by atoms with Crippen molar-refractivity contribution in [3.8, 4) is 0 Å². The monoisotopic (exact) mass is 493 g/mol. The van der Waals surface area contributed by atoms with Crippen LogP contribution in [0.1, 0.15) is 49.7 Å². The lowest BCUT2D eigenvalue weighted by atomic mass is 10.1. The Kier molecular flexibility index (Phi) is 7.22. The van der Waals surface area contributed by atoms with Gasteiger partial charge in [0.05, 0.1) is 18.8 Å². The lowest BCUT2D eigenvalue weighted by Crippen LogP contribution is -2.35. The highest BCUT2D eigenvalue weighted by molar-refractivity contribution is 9.10. The second-order valence-corrected chi connectivity index (χ2v) is 8.92. The van der Waals surface area contributed by atoms with Crippen LogP contribution in [0.25, 0.3) is 11.1 Å². The summed E-state index contributed by atoms with van der Waals surface area (Å²) in [7, 11) is 0. The third-order valence-corrected chi connectivity index (χ3v) is 6.26. The molecular weight excluding hydrogens is 466 g/mol. The van der Waals surface area contributed by atoms with Crippen LogP contribution in [0.4, 0.5) is 0 Å². The fourth-order valence-corrected chi connectivity index (χ4v) is 4.46. The Morgan fingerprint density at radius 3 is 2.47 bits per heavy atom. The van der Waals surface area contributed by atoms with Gasteiger partial charge < -0.3 is 4.42 Å². The molecule has 0 radical (unpaired) electrons. The van der Waals surface area contributed by atoms with Crippen LogP contribution < -0.4 is 5.56 Å². The molecule has 0 N–H and O–H groups in total. The number of fused-ring (bicyclic) bond motifs is 1. The van der Waals surface area contributed by atoms with Crippen LogP contribution in [0.15, 0.2) is 80.6 Å². The Morgan fingerprint density at radius 2 is 1.78 bits per heavy atom. The zero-order valence-electron chi connectivity index (χ0n) is 18.5. The number of aromatic nitrogens is 2. The molecule has 0 saturated carbocycles. The van der Waals surface area contributed by atoms with E-state index in [4.69, 9.17) is 9.40 Å². The molecule has 0 amide bonds. The van der Waals surface area contributed by atoms with Crippen molar-refractivity contribution in [1.82, 2.24) is 14.5 Å². The molecule has 4 rings (SSSR count). The average Bonchev–Trinajstić information content (AvgIpc) is 3.28. The van der Waals surface area contributed by atoms with E-state index in [0.29, 0.717) is 17.6 Å². The van der Waals surface area contributed by atoms with E-state index < -0.39 is 0 Å². The van der Waals surface area contributed by atoms with Crippen LogP contribution >= 0.6 is 15.9 Å². The first-order valence-corrected chi connectivity index (χ1v) is 11.9. The fraction of sp³-hybridized carbons (Fsp3) is 0.308. The van der Waals surface area contributed by atoms with Crippen molar-refractivity contribution in [2.75, 3.05) is 6.54 Å². The van der Waals surface area contributed by atoms with E-state index in [9.17, 15) is 4.79 Å². The first-order chi connectivity index (χ1) is 15.6. The second kappa shape index (κ2) is 10.3. The van der Waals surface area contributed by atoms with Gasteiger partial charge in [0.15, 0.2) is 0 Å².